The Balaban J connectivity index is 1.72. The van der Waals surface area contributed by atoms with E-state index in [-0.39, 0.29) is 17.8 Å². The van der Waals surface area contributed by atoms with Gasteiger partial charge in [-0.15, -0.1) is 0 Å². The van der Waals surface area contributed by atoms with Gasteiger partial charge in [0, 0.05) is 37.5 Å². The zero-order valence-electron chi connectivity index (χ0n) is 18.4. The molecule has 32 heavy (non-hydrogen) atoms. The molecule has 0 radical (unpaired) electrons. The zero-order valence-corrected chi connectivity index (χ0v) is 18.4. The number of amides is 1. The second kappa shape index (κ2) is 11.2. The predicted octanol–water partition coefficient (Wildman–Crippen LogP) is 3.10. The third-order valence-corrected chi connectivity index (χ3v) is 4.74. The van der Waals surface area contributed by atoms with Gasteiger partial charge in [-0.05, 0) is 38.6 Å². The van der Waals surface area contributed by atoms with Gasteiger partial charge in [0.05, 0.1) is 17.3 Å². The van der Waals surface area contributed by atoms with Gasteiger partial charge in [0.1, 0.15) is 11.6 Å². The van der Waals surface area contributed by atoms with Gasteiger partial charge in [-0.2, -0.15) is 4.98 Å². The number of nitrogens with one attached hydrogen (secondary N) is 4. The number of anilines is 3. The second-order valence-corrected chi connectivity index (χ2v) is 7.25. The van der Waals surface area contributed by atoms with Crippen LogP contribution in [0, 0.1) is 5.82 Å². The fourth-order valence-corrected chi connectivity index (χ4v) is 2.85. The van der Waals surface area contributed by atoms with Gasteiger partial charge in [0.25, 0.3) is 0 Å². The summed E-state index contributed by atoms with van der Waals surface area (Å²) in [6.07, 6.45) is 3.07. The van der Waals surface area contributed by atoms with Crippen LogP contribution in [-0.2, 0) is 11.2 Å². The van der Waals surface area contributed by atoms with Gasteiger partial charge >= 0.3 is 0 Å². The van der Waals surface area contributed by atoms with E-state index in [1.807, 2.05) is 6.07 Å². The molecule has 1 aromatic carbocycles. The molecule has 0 saturated carbocycles. The SMILES string of the molecule is CCCNc1nc(Nc2cccc(F)c2)ncc1-c1cc(CCNC(=O)[C@H](C)NC)no1. The molecule has 2 heterocycles. The van der Waals surface area contributed by atoms with Crippen LogP contribution in [0.4, 0.5) is 21.8 Å². The molecule has 1 atom stereocenters. The molecule has 10 heteroatoms. The monoisotopic (exact) mass is 441 g/mol. The normalized spacial score (nSPS) is 11.8. The summed E-state index contributed by atoms with van der Waals surface area (Å²) in [6, 6.07) is 7.64. The summed E-state index contributed by atoms with van der Waals surface area (Å²) in [5, 5.41) is 16.1. The second-order valence-electron chi connectivity index (χ2n) is 7.25. The van der Waals surface area contributed by atoms with E-state index in [0.717, 1.165) is 6.42 Å². The molecule has 0 fully saturated rings. The third kappa shape index (κ3) is 6.24. The number of rotatable bonds is 11. The molecule has 9 nitrogen and oxygen atoms in total. The zero-order chi connectivity index (χ0) is 22.9. The van der Waals surface area contributed by atoms with Crippen molar-refractivity contribution in [2.75, 3.05) is 30.8 Å². The Bertz CT molecular complexity index is 1040. The summed E-state index contributed by atoms with van der Waals surface area (Å²) >= 11 is 0. The Labute approximate surface area is 186 Å². The number of benzene rings is 1. The van der Waals surface area contributed by atoms with Crippen molar-refractivity contribution < 1.29 is 13.7 Å². The molecule has 4 N–H and O–H groups in total. The molecule has 0 aliphatic heterocycles. The van der Waals surface area contributed by atoms with E-state index in [1.165, 1.54) is 12.1 Å². The topological polar surface area (TPSA) is 117 Å². The van der Waals surface area contributed by atoms with Crippen LogP contribution in [0.25, 0.3) is 11.3 Å². The van der Waals surface area contributed by atoms with Crippen molar-refractivity contribution in [3.8, 4) is 11.3 Å². The molecule has 170 valence electrons. The van der Waals surface area contributed by atoms with E-state index in [0.29, 0.717) is 54.0 Å². The van der Waals surface area contributed by atoms with Crippen molar-refractivity contribution in [1.29, 1.82) is 0 Å². The largest absolute Gasteiger partial charge is 0.369 e. The molecular formula is C22H28FN7O2. The van der Waals surface area contributed by atoms with Crippen LogP contribution in [0.2, 0.25) is 0 Å². The summed E-state index contributed by atoms with van der Waals surface area (Å²) in [7, 11) is 1.74. The summed E-state index contributed by atoms with van der Waals surface area (Å²) in [5.41, 5.74) is 1.92. The first-order valence-corrected chi connectivity index (χ1v) is 10.5. The molecule has 2 aromatic heterocycles. The molecule has 0 aliphatic rings. The Morgan fingerprint density at radius 1 is 1.25 bits per heavy atom. The van der Waals surface area contributed by atoms with Crippen molar-refractivity contribution in [3.63, 3.8) is 0 Å². The highest BCUT2D eigenvalue weighted by molar-refractivity contribution is 5.81. The lowest BCUT2D eigenvalue weighted by Gasteiger charge is -2.11. The Morgan fingerprint density at radius 3 is 2.84 bits per heavy atom. The summed E-state index contributed by atoms with van der Waals surface area (Å²) in [5.74, 6) is 1.02. The Kier molecular flexibility index (Phi) is 8.09. The molecule has 0 bridgehead atoms. The highest BCUT2D eigenvalue weighted by Gasteiger charge is 2.15. The average molecular weight is 442 g/mol. The standard InChI is InChI=1S/C22H28FN7O2/c1-4-9-25-20-18(13-27-22(29-20)28-16-7-5-6-15(23)11-16)19-12-17(30-32-19)8-10-26-21(31)14(2)24-3/h5-7,11-14,24H,4,8-10H2,1-3H3,(H,26,31)(H2,25,27,28,29)/t14-/m0/s1. The number of aromatic nitrogens is 3. The number of nitrogens with zero attached hydrogens (tertiary/aromatic N) is 3. The fraction of sp³-hybridized carbons (Fsp3) is 0.364. The van der Waals surface area contributed by atoms with Gasteiger partial charge in [0.15, 0.2) is 5.76 Å². The molecule has 0 spiro atoms. The summed E-state index contributed by atoms with van der Waals surface area (Å²) in [6.45, 7) is 5.00. The molecule has 0 saturated heterocycles. The molecule has 1 amide bonds. The third-order valence-electron chi connectivity index (χ3n) is 4.74. The maximum absolute atomic E-state index is 13.5. The molecule has 3 rings (SSSR count). The maximum atomic E-state index is 13.5. The first-order valence-electron chi connectivity index (χ1n) is 10.5. The minimum atomic E-state index is -0.346. The fourth-order valence-electron chi connectivity index (χ4n) is 2.85. The van der Waals surface area contributed by atoms with E-state index >= 15 is 0 Å². The number of carbonyl (C=O) groups is 1. The van der Waals surface area contributed by atoms with Crippen molar-refractivity contribution in [2.45, 2.75) is 32.7 Å². The van der Waals surface area contributed by atoms with Crippen LogP contribution in [0.15, 0.2) is 41.1 Å². The van der Waals surface area contributed by atoms with Crippen molar-refractivity contribution in [2.24, 2.45) is 0 Å². The number of hydrogen-bond acceptors (Lipinski definition) is 8. The highest BCUT2D eigenvalue weighted by atomic mass is 19.1. The summed E-state index contributed by atoms with van der Waals surface area (Å²) in [4.78, 5) is 20.7. The molecular weight excluding hydrogens is 413 g/mol. The van der Waals surface area contributed by atoms with E-state index in [1.54, 1.807) is 32.3 Å². The van der Waals surface area contributed by atoms with E-state index in [2.05, 4.69) is 43.3 Å². The number of halogens is 1. The van der Waals surface area contributed by atoms with Crippen LogP contribution in [0.1, 0.15) is 26.0 Å². The van der Waals surface area contributed by atoms with Crippen molar-refractivity contribution >= 4 is 23.4 Å². The lowest BCUT2D eigenvalue weighted by atomic mass is 10.2. The first kappa shape index (κ1) is 23.1. The van der Waals surface area contributed by atoms with Gasteiger partial charge < -0.3 is 25.8 Å². The van der Waals surface area contributed by atoms with Crippen LogP contribution >= 0.6 is 0 Å². The quantitative estimate of drug-likeness (QED) is 0.359. The van der Waals surface area contributed by atoms with Gasteiger partial charge in [-0.25, -0.2) is 9.37 Å². The molecule has 0 unspecified atom stereocenters. The number of carbonyl (C=O) groups excluding carboxylic acids is 1. The van der Waals surface area contributed by atoms with E-state index in [4.69, 9.17) is 4.52 Å². The minimum absolute atomic E-state index is 0.0722. The summed E-state index contributed by atoms with van der Waals surface area (Å²) < 4.78 is 19.0. The average Bonchev–Trinajstić information content (AvgIpc) is 3.25. The lowest BCUT2D eigenvalue weighted by Crippen LogP contribution is -2.41. The maximum Gasteiger partial charge on any atom is 0.236 e. The van der Waals surface area contributed by atoms with Gasteiger partial charge in [-0.1, -0.05) is 18.1 Å². The van der Waals surface area contributed by atoms with E-state index in [9.17, 15) is 9.18 Å². The first-order chi connectivity index (χ1) is 15.5. The Hall–Kier alpha value is -3.53. The molecule has 3 aromatic rings. The predicted molar refractivity (Wildman–Crippen MR) is 121 cm³/mol. The van der Waals surface area contributed by atoms with Crippen molar-refractivity contribution in [1.82, 2.24) is 25.8 Å². The van der Waals surface area contributed by atoms with Crippen molar-refractivity contribution in [3.05, 3.63) is 48.0 Å². The van der Waals surface area contributed by atoms with E-state index < -0.39 is 0 Å². The molecule has 0 aliphatic carbocycles. The van der Waals surface area contributed by atoms with Gasteiger partial charge in [0.2, 0.25) is 11.9 Å². The number of hydrogen-bond donors (Lipinski definition) is 4. The van der Waals surface area contributed by atoms with Crippen LogP contribution in [0.3, 0.4) is 0 Å². The highest BCUT2D eigenvalue weighted by Crippen LogP contribution is 2.28. The smallest absolute Gasteiger partial charge is 0.236 e. The number of likely N-dealkylation sites (N-methyl/N-ethyl adjacent to an activating group) is 1. The minimum Gasteiger partial charge on any atom is -0.369 e. The Morgan fingerprint density at radius 2 is 2.09 bits per heavy atom. The van der Waals surface area contributed by atoms with Gasteiger partial charge in [-0.3, -0.25) is 4.79 Å². The lowest BCUT2D eigenvalue weighted by molar-refractivity contribution is -0.122. The van der Waals surface area contributed by atoms with Crippen LogP contribution in [-0.4, -0.2) is 47.2 Å². The van der Waals surface area contributed by atoms with Crippen LogP contribution in [0.5, 0.6) is 0 Å². The van der Waals surface area contributed by atoms with Crippen LogP contribution < -0.4 is 21.3 Å².